The van der Waals surface area contributed by atoms with Crippen molar-refractivity contribution in [1.82, 2.24) is 24.5 Å². The zero-order valence-electron chi connectivity index (χ0n) is 20.9. The third-order valence-corrected chi connectivity index (χ3v) is 7.78. The van der Waals surface area contributed by atoms with Crippen molar-refractivity contribution in [2.75, 3.05) is 31.1 Å². The summed E-state index contributed by atoms with van der Waals surface area (Å²) in [7, 11) is 0. The second kappa shape index (κ2) is 9.67. The summed E-state index contributed by atoms with van der Waals surface area (Å²) >= 11 is 0. The van der Waals surface area contributed by atoms with Crippen LogP contribution in [0.2, 0.25) is 0 Å². The normalized spacial score (nSPS) is 19.2. The van der Waals surface area contributed by atoms with E-state index in [9.17, 15) is 5.11 Å². The van der Waals surface area contributed by atoms with Gasteiger partial charge < -0.3 is 14.4 Å². The minimum Gasteiger partial charge on any atom is -0.461 e. The molecule has 8 nitrogen and oxygen atoms in total. The quantitative estimate of drug-likeness (QED) is 0.438. The zero-order valence-corrected chi connectivity index (χ0v) is 20.9. The summed E-state index contributed by atoms with van der Waals surface area (Å²) in [6.07, 6.45) is 8.13. The van der Waals surface area contributed by atoms with Gasteiger partial charge in [-0.25, -0.2) is 9.97 Å². The summed E-state index contributed by atoms with van der Waals surface area (Å²) in [4.78, 5) is 14.5. The molecule has 0 amide bonds. The van der Waals surface area contributed by atoms with E-state index in [1.807, 2.05) is 41.0 Å². The van der Waals surface area contributed by atoms with Crippen molar-refractivity contribution < 1.29 is 9.52 Å². The molecular formula is C28H34N6O2. The van der Waals surface area contributed by atoms with Gasteiger partial charge in [0.05, 0.1) is 11.9 Å². The van der Waals surface area contributed by atoms with E-state index in [4.69, 9.17) is 19.5 Å². The molecule has 188 valence electrons. The van der Waals surface area contributed by atoms with Gasteiger partial charge in [-0.1, -0.05) is 37.3 Å². The van der Waals surface area contributed by atoms with E-state index in [0.29, 0.717) is 18.0 Å². The molecule has 2 saturated heterocycles. The first-order chi connectivity index (χ1) is 17.6. The van der Waals surface area contributed by atoms with E-state index in [-0.39, 0.29) is 0 Å². The Morgan fingerprint density at radius 3 is 2.53 bits per heavy atom. The van der Waals surface area contributed by atoms with Gasteiger partial charge in [-0.15, -0.1) is 5.10 Å². The summed E-state index contributed by atoms with van der Waals surface area (Å²) < 4.78 is 7.50. The van der Waals surface area contributed by atoms with E-state index in [0.717, 1.165) is 81.5 Å². The molecule has 0 saturated carbocycles. The summed E-state index contributed by atoms with van der Waals surface area (Å²) in [5.74, 6) is 2.83. The van der Waals surface area contributed by atoms with E-state index < -0.39 is 5.60 Å². The molecular weight excluding hydrogens is 452 g/mol. The van der Waals surface area contributed by atoms with Crippen LogP contribution in [0.4, 0.5) is 5.95 Å². The highest BCUT2D eigenvalue weighted by Crippen LogP contribution is 2.29. The molecule has 36 heavy (non-hydrogen) atoms. The lowest BCUT2D eigenvalue weighted by atomic mass is 9.85. The van der Waals surface area contributed by atoms with Gasteiger partial charge in [0.2, 0.25) is 11.8 Å². The Morgan fingerprint density at radius 1 is 1.03 bits per heavy atom. The van der Waals surface area contributed by atoms with Crippen molar-refractivity contribution in [1.29, 1.82) is 0 Å². The predicted octanol–water partition coefficient (Wildman–Crippen LogP) is 4.19. The van der Waals surface area contributed by atoms with E-state index in [1.54, 1.807) is 6.26 Å². The van der Waals surface area contributed by atoms with Crippen LogP contribution in [0.25, 0.3) is 17.2 Å². The second-order valence-corrected chi connectivity index (χ2v) is 10.6. The van der Waals surface area contributed by atoms with Crippen molar-refractivity contribution in [3.63, 3.8) is 0 Å². The molecule has 0 unspecified atom stereocenters. The molecule has 0 radical (unpaired) electrons. The smallest absolute Gasteiger partial charge is 0.228 e. The summed E-state index contributed by atoms with van der Waals surface area (Å²) in [6, 6.07) is 14.0. The van der Waals surface area contributed by atoms with E-state index >= 15 is 0 Å². The number of anilines is 1. The lowest BCUT2D eigenvalue weighted by molar-refractivity contribution is -0.0224. The van der Waals surface area contributed by atoms with Gasteiger partial charge in [-0.05, 0) is 49.3 Å². The maximum atomic E-state index is 11.2. The van der Waals surface area contributed by atoms with Crippen molar-refractivity contribution in [3.05, 3.63) is 66.1 Å². The topological polar surface area (TPSA) is 82.9 Å². The Kier molecular flexibility index (Phi) is 6.23. The van der Waals surface area contributed by atoms with Crippen LogP contribution < -0.4 is 4.90 Å². The average molecular weight is 487 g/mol. The number of benzene rings is 1. The van der Waals surface area contributed by atoms with Crippen LogP contribution in [0.5, 0.6) is 0 Å². The lowest BCUT2D eigenvalue weighted by Crippen LogP contribution is -2.45. The number of piperidine rings is 2. The number of rotatable bonds is 6. The molecule has 0 aliphatic carbocycles. The molecule has 4 aromatic rings. The first-order valence-electron chi connectivity index (χ1n) is 13.1. The van der Waals surface area contributed by atoms with Crippen molar-refractivity contribution >= 4 is 11.6 Å². The maximum Gasteiger partial charge on any atom is 0.228 e. The van der Waals surface area contributed by atoms with Gasteiger partial charge in [0, 0.05) is 50.9 Å². The molecule has 1 aromatic carbocycles. The van der Waals surface area contributed by atoms with E-state index in [2.05, 4.69) is 28.9 Å². The van der Waals surface area contributed by atoms with Crippen molar-refractivity contribution in [2.45, 2.75) is 51.2 Å². The Morgan fingerprint density at radius 2 is 1.81 bits per heavy atom. The van der Waals surface area contributed by atoms with Gasteiger partial charge in [0.15, 0.2) is 11.4 Å². The highest BCUT2D eigenvalue weighted by molar-refractivity contribution is 5.58. The number of fused-ring (bicyclic) bond motifs is 1. The Labute approximate surface area is 211 Å². The first-order valence-corrected chi connectivity index (χ1v) is 13.1. The van der Waals surface area contributed by atoms with Gasteiger partial charge >= 0.3 is 0 Å². The van der Waals surface area contributed by atoms with Crippen LogP contribution >= 0.6 is 0 Å². The number of aromatic nitrogens is 4. The lowest BCUT2D eigenvalue weighted by Gasteiger charge is -2.38. The van der Waals surface area contributed by atoms with E-state index in [1.165, 1.54) is 5.56 Å². The van der Waals surface area contributed by atoms with Gasteiger partial charge in [0.25, 0.3) is 0 Å². The SMILES string of the molecule is CC1CCN(c2ncc(CN3CCC(O)(Cc4ccccc4)CC3)c3nc(-c4ccco4)nn23)CC1. The monoisotopic (exact) mass is 486 g/mol. The molecule has 2 fully saturated rings. The molecule has 3 aromatic heterocycles. The minimum atomic E-state index is -0.651. The third kappa shape index (κ3) is 4.75. The zero-order chi connectivity index (χ0) is 24.5. The number of likely N-dealkylation sites (tertiary alicyclic amines) is 1. The largest absolute Gasteiger partial charge is 0.461 e. The summed E-state index contributed by atoms with van der Waals surface area (Å²) in [6.45, 7) is 6.66. The van der Waals surface area contributed by atoms with Crippen LogP contribution in [-0.4, -0.2) is 61.4 Å². The number of hydrogen-bond acceptors (Lipinski definition) is 7. The Hall–Kier alpha value is -3.23. The van der Waals surface area contributed by atoms with Crippen LogP contribution in [0.15, 0.2) is 59.3 Å². The summed E-state index contributed by atoms with van der Waals surface area (Å²) in [5.41, 5.74) is 2.41. The first kappa shape index (κ1) is 23.2. The Balaban J connectivity index is 1.23. The number of furan rings is 1. The van der Waals surface area contributed by atoms with Gasteiger partial charge in [-0.2, -0.15) is 4.52 Å². The molecule has 2 aliphatic rings. The molecule has 0 atom stereocenters. The molecule has 5 heterocycles. The fourth-order valence-corrected chi connectivity index (χ4v) is 5.47. The average Bonchev–Trinajstić information content (AvgIpc) is 3.58. The number of hydrogen-bond donors (Lipinski definition) is 1. The highest BCUT2D eigenvalue weighted by atomic mass is 16.3. The predicted molar refractivity (Wildman–Crippen MR) is 139 cm³/mol. The van der Waals surface area contributed by atoms with Crippen LogP contribution in [0.3, 0.4) is 0 Å². The third-order valence-electron chi connectivity index (χ3n) is 7.78. The van der Waals surface area contributed by atoms with Gasteiger partial charge in [-0.3, -0.25) is 4.90 Å². The summed E-state index contributed by atoms with van der Waals surface area (Å²) in [5, 5.41) is 16.0. The fourth-order valence-electron chi connectivity index (χ4n) is 5.47. The number of aliphatic hydroxyl groups is 1. The molecule has 0 spiro atoms. The van der Waals surface area contributed by atoms with Crippen LogP contribution in [-0.2, 0) is 13.0 Å². The van der Waals surface area contributed by atoms with Crippen molar-refractivity contribution in [3.8, 4) is 11.6 Å². The molecule has 1 N–H and O–H groups in total. The van der Waals surface area contributed by atoms with Crippen LogP contribution in [0.1, 0.15) is 43.7 Å². The fraction of sp³-hybridized carbons (Fsp3) is 0.464. The van der Waals surface area contributed by atoms with Gasteiger partial charge in [0.1, 0.15) is 0 Å². The maximum absolute atomic E-state index is 11.2. The molecule has 2 aliphatic heterocycles. The molecule has 6 rings (SSSR count). The Bertz CT molecular complexity index is 1290. The molecule has 0 bridgehead atoms. The molecule has 8 heteroatoms. The van der Waals surface area contributed by atoms with Crippen molar-refractivity contribution in [2.24, 2.45) is 5.92 Å². The van der Waals surface area contributed by atoms with Crippen LogP contribution in [0, 0.1) is 5.92 Å². The standard InChI is InChI=1S/C28H34N6O2/c1-21-9-13-33(14-10-21)27-29-19-23(26-30-25(31-34(26)27)24-8-5-17-36-24)20-32-15-11-28(35,12-16-32)18-22-6-3-2-4-7-22/h2-8,17,19,21,35H,9-16,18,20H2,1H3. The second-order valence-electron chi connectivity index (χ2n) is 10.6. The highest BCUT2D eigenvalue weighted by Gasteiger charge is 2.33. The number of nitrogens with zero attached hydrogens (tertiary/aromatic N) is 6. The minimum absolute atomic E-state index is 0.580.